The minimum Gasteiger partial charge on any atom is -0.389 e. The van der Waals surface area contributed by atoms with Crippen LogP contribution in [0, 0.1) is 0 Å². The summed E-state index contributed by atoms with van der Waals surface area (Å²) >= 11 is 4.97. The second-order valence-electron chi connectivity index (χ2n) is 4.93. The smallest absolute Gasteiger partial charge is 0.218 e. The van der Waals surface area contributed by atoms with Gasteiger partial charge in [0.05, 0.1) is 5.75 Å². The van der Waals surface area contributed by atoms with Gasteiger partial charge in [0.1, 0.15) is 4.99 Å². The second-order valence-corrected chi connectivity index (χ2v) is 7.40. The van der Waals surface area contributed by atoms with Crippen molar-refractivity contribution in [2.45, 2.75) is 38.5 Å². The molecule has 6 heteroatoms. The molecule has 0 fully saturated rings. The van der Waals surface area contributed by atoms with Crippen LogP contribution in [0.15, 0.2) is 24.3 Å². The van der Waals surface area contributed by atoms with Gasteiger partial charge in [0.2, 0.25) is 10.0 Å². The molecule has 0 saturated carbocycles. The van der Waals surface area contributed by atoms with Gasteiger partial charge in [0.25, 0.3) is 0 Å². The van der Waals surface area contributed by atoms with Crippen LogP contribution < -0.4 is 5.73 Å². The van der Waals surface area contributed by atoms with E-state index < -0.39 is 10.0 Å². The minimum absolute atomic E-state index is 0.0120. The molecule has 0 heterocycles. The van der Waals surface area contributed by atoms with Crippen LogP contribution in [0.5, 0.6) is 0 Å². The van der Waals surface area contributed by atoms with Crippen LogP contribution >= 0.6 is 12.2 Å². The Bertz CT molecular complexity index is 570. The summed E-state index contributed by atoms with van der Waals surface area (Å²) in [5.41, 5.74) is 6.92. The molecule has 0 amide bonds. The predicted octanol–water partition coefficient (Wildman–Crippen LogP) is 2.27. The largest absolute Gasteiger partial charge is 0.389 e. The SMILES string of the molecule is CCCC(C)N(C)S(=O)(=O)Cc1ccccc1C(N)=S. The van der Waals surface area contributed by atoms with Crippen LogP contribution in [-0.2, 0) is 15.8 Å². The quantitative estimate of drug-likeness (QED) is 0.784. The normalized spacial score (nSPS) is 13.4. The van der Waals surface area contributed by atoms with Crippen molar-refractivity contribution in [2.75, 3.05) is 7.05 Å². The van der Waals surface area contributed by atoms with E-state index in [-0.39, 0.29) is 16.8 Å². The molecule has 20 heavy (non-hydrogen) atoms. The third-order valence-corrected chi connectivity index (χ3v) is 5.52. The number of thiocarbonyl (C=S) groups is 1. The van der Waals surface area contributed by atoms with Crippen LogP contribution in [-0.4, -0.2) is 30.8 Å². The highest BCUT2D eigenvalue weighted by atomic mass is 32.2. The minimum atomic E-state index is -3.37. The third kappa shape index (κ3) is 4.26. The summed E-state index contributed by atoms with van der Waals surface area (Å²) in [7, 11) is -1.75. The first-order valence-corrected chi connectivity index (χ1v) is 8.64. The highest BCUT2D eigenvalue weighted by Gasteiger charge is 2.24. The number of nitrogens with two attached hydrogens (primary N) is 1. The van der Waals surface area contributed by atoms with Crippen LogP contribution in [0.3, 0.4) is 0 Å². The Hall–Kier alpha value is -0.980. The first-order chi connectivity index (χ1) is 9.29. The average Bonchev–Trinajstić information content (AvgIpc) is 2.38. The van der Waals surface area contributed by atoms with E-state index in [1.54, 1.807) is 31.3 Å². The maximum absolute atomic E-state index is 12.4. The van der Waals surface area contributed by atoms with Gasteiger partial charge < -0.3 is 5.73 Å². The first-order valence-electron chi connectivity index (χ1n) is 6.63. The Balaban J connectivity index is 3.00. The predicted molar refractivity (Wildman–Crippen MR) is 87.1 cm³/mol. The van der Waals surface area contributed by atoms with E-state index >= 15 is 0 Å². The zero-order chi connectivity index (χ0) is 15.3. The van der Waals surface area contributed by atoms with Gasteiger partial charge in [-0.05, 0) is 18.9 Å². The van der Waals surface area contributed by atoms with Crippen molar-refractivity contribution in [3.63, 3.8) is 0 Å². The lowest BCUT2D eigenvalue weighted by Crippen LogP contribution is -2.36. The van der Waals surface area contributed by atoms with Crippen LogP contribution in [0.2, 0.25) is 0 Å². The molecule has 0 bridgehead atoms. The van der Waals surface area contributed by atoms with Crippen molar-refractivity contribution in [1.29, 1.82) is 0 Å². The van der Waals surface area contributed by atoms with Gasteiger partial charge in [0.15, 0.2) is 0 Å². The summed E-state index contributed by atoms with van der Waals surface area (Å²) in [4.78, 5) is 0.222. The molecule has 1 unspecified atom stereocenters. The van der Waals surface area contributed by atoms with E-state index in [0.29, 0.717) is 11.1 Å². The molecule has 0 aliphatic heterocycles. The van der Waals surface area contributed by atoms with Crippen molar-refractivity contribution in [1.82, 2.24) is 4.31 Å². The van der Waals surface area contributed by atoms with Crippen molar-refractivity contribution < 1.29 is 8.42 Å². The monoisotopic (exact) mass is 314 g/mol. The Kier molecular flexibility index (Phi) is 6.10. The standard InChI is InChI=1S/C14H22N2O2S2/c1-4-7-11(2)16(3)20(17,18)10-12-8-5-6-9-13(12)14(15)19/h5-6,8-9,11H,4,7,10H2,1-3H3,(H2,15,19). The average molecular weight is 314 g/mol. The maximum atomic E-state index is 12.4. The van der Waals surface area contributed by atoms with Crippen LogP contribution in [0.1, 0.15) is 37.8 Å². The molecule has 0 radical (unpaired) electrons. The lowest BCUT2D eigenvalue weighted by Gasteiger charge is -2.24. The second kappa shape index (κ2) is 7.15. The molecule has 0 aliphatic carbocycles. The Labute approximate surface area is 127 Å². The topological polar surface area (TPSA) is 63.4 Å². The lowest BCUT2D eigenvalue weighted by atomic mass is 10.1. The zero-order valence-corrected chi connectivity index (χ0v) is 13.8. The number of rotatable bonds is 7. The summed E-state index contributed by atoms with van der Waals surface area (Å²) in [6.45, 7) is 3.96. The summed E-state index contributed by atoms with van der Waals surface area (Å²) in [5, 5.41) is 0. The molecule has 1 aromatic carbocycles. The number of hydrogen-bond donors (Lipinski definition) is 1. The number of nitrogens with zero attached hydrogens (tertiary/aromatic N) is 1. The number of hydrogen-bond acceptors (Lipinski definition) is 3. The molecule has 112 valence electrons. The van der Waals surface area contributed by atoms with Crippen molar-refractivity contribution >= 4 is 27.2 Å². The Morgan fingerprint density at radius 2 is 2.00 bits per heavy atom. The summed E-state index contributed by atoms with van der Waals surface area (Å²) in [6, 6.07) is 7.09. The van der Waals surface area contributed by atoms with Gasteiger partial charge in [-0.25, -0.2) is 12.7 Å². The van der Waals surface area contributed by atoms with E-state index in [1.807, 2.05) is 13.8 Å². The van der Waals surface area contributed by atoms with E-state index in [0.717, 1.165) is 12.8 Å². The zero-order valence-electron chi connectivity index (χ0n) is 12.2. The van der Waals surface area contributed by atoms with E-state index in [4.69, 9.17) is 18.0 Å². The first kappa shape index (κ1) is 17.1. The van der Waals surface area contributed by atoms with Crippen molar-refractivity contribution in [3.05, 3.63) is 35.4 Å². The van der Waals surface area contributed by atoms with Gasteiger partial charge in [-0.15, -0.1) is 0 Å². The Morgan fingerprint density at radius 1 is 1.40 bits per heavy atom. The molecule has 1 atom stereocenters. The molecule has 0 spiro atoms. The molecular formula is C14H22N2O2S2. The van der Waals surface area contributed by atoms with Gasteiger partial charge in [-0.2, -0.15) is 0 Å². The number of sulfonamides is 1. The summed E-state index contributed by atoms with van der Waals surface area (Å²) in [6.07, 6.45) is 1.79. The molecule has 0 aromatic heterocycles. The summed E-state index contributed by atoms with van der Waals surface area (Å²) < 4.78 is 26.3. The van der Waals surface area contributed by atoms with Crippen molar-refractivity contribution in [3.8, 4) is 0 Å². The van der Waals surface area contributed by atoms with Gasteiger partial charge >= 0.3 is 0 Å². The van der Waals surface area contributed by atoms with Gasteiger partial charge in [-0.3, -0.25) is 0 Å². The fourth-order valence-electron chi connectivity index (χ4n) is 2.06. The molecule has 1 aromatic rings. The molecule has 4 nitrogen and oxygen atoms in total. The van der Waals surface area contributed by atoms with Crippen LogP contribution in [0.4, 0.5) is 0 Å². The molecule has 1 rings (SSSR count). The molecule has 0 saturated heterocycles. The van der Waals surface area contributed by atoms with Gasteiger partial charge in [0, 0.05) is 18.7 Å². The van der Waals surface area contributed by atoms with Gasteiger partial charge in [-0.1, -0.05) is 49.8 Å². The molecular weight excluding hydrogens is 292 g/mol. The van der Waals surface area contributed by atoms with E-state index in [9.17, 15) is 8.42 Å². The fraction of sp³-hybridized carbons (Fsp3) is 0.500. The van der Waals surface area contributed by atoms with E-state index in [1.165, 1.54) is 4.31 Å². The highest BCUT2D eigenvalue weighted by molar-refractivity contribution is 7.88. The van der Waals surface area contributed by atoms with Crippen molar-refractivity contribution in [2.24, 2.45) is 5.73 Å². The lowest BCUT2D eigenvalue weighted by molar-refractivity contribution is 0.368. The number of benzene rings is 1. The third-order valence-electron chi connectivity index (χ3n) is 3.39. The Morgan fingerprint density at radius 3 is 2.55 bits per heavy atom. The van der Waals surface area contributed by atoms with E-state index in [2.05, 4.69) is 0 Å². The fourth-order valence-corrected chi connectivity index (χ4v) is 3.76. The maximum Gasteiger partial charge on any atom is 0.218 e. The highest BCUT2D eigenvalue weighted by Crippen LogP contribution is 2.17. The molecule has 2 N–H and O–H groups in total. The molecule has 0 aliphatic rings. The summed E-state index contributed by atoms with van der Waals surface area (Å²) in [5.74, 6) is -0.0783. The van der Waals surface area contributed by atoms with Crippen LogP contribution in [0.25, 0.3) is 0 Å².